The van der Waals surface area contributed by atoms with E-state index >= 15 is 0 Å². The molecule has 15 heavy (non-hydrogen) atoms. The second-order valence-corrected chi connectivity index (χ2v) is 3.68. The molecule has 0 amide bonds. The molecule has 3 aromatic heterocycles. The fourth-order valence-corrected chi connectivity index (χ4v) is 1.70. The SMILES string of the molecule is Cc1ccn2cc(-c3ccc[nH]3)nc2c1. The lowest BCUT2D eigenvalue weighted by atomic mass is 10.3. The number of aromatic amines is 1. The van der Waals surface area contributed by atoms with Gasteiger partial charge in [-0.1, -0.05) is 0 Å². The van der Waals surface area contributed by atoms with Gasteiger partial charge in [0.05, 0.1) is 5.69 Å². The van der Waals surface area contributed by atoms with E-state index in [4.69, 9.17) is 0 Å². The number of pyridine rings is 1. The smallest absolute Gasteiger partial charge is 0.137 e. The van der Waals surface area contributed by atoms with Gasteiger partial charge in [-0.05, 0) is 36.8 Å². The van der Waals surface area contributed by atoms with Gasteiger partial charge < -0.3 is 9.38 Å². The van der Waals surface area contributed by atoms with Crippen LogP contribution in [0, 0.1) is 6.92 Å². The number of imidazole rings is 1. The van der Waals surface area contributed by atoms with Gasteiger partial charge in [0, 0.05) is 18.6 Å². The molecule has 0 aromatic carbocycles. The van der Waals surface area contributed by atoms with E-state index in [1.807, 2.05) is 35.1 Å². The third-order valence-corrected chi connectivity index (χ3v) is 2.49. The van der Waals surface area contributed by atoms with Crippen molar-refractivity contribution in [1.29, 1.82) is 0 Å². The summed E-state index contributed by atoms with van der Waals surface area (Å²) in [5.74, 6) is 0. The Kier molecular flexibility index (Phi) is 1.65. The summed E-state index contributed by atoms with van der Waals surface area (Å²) in [4.78, 5) is 7.70. The number of H-pyrrole nitrogens is 1. The quantitative estimate of drug-likeness (QED) is 0.639. The average molecular weight is 197 g/mol. The Labute approximate surface area is 87.4 Å². The first-order chi connectivity index (χ1) is 7.33. The molecular formula is C12H11N3. The van der Waals surface area contributed by atoms with Crippen LogP contribution in [-0.4, -0.2) is 14.4 Å². The zero-order valence-corrected chi connectivity index (χ0v) is 8.44. The molecule has 3 nitrogen and oxygen atoms in total. The van der Waals surface area contributed by atoms with Gasteiger partial charge in [0.2, 0.25) is 0 Å². The predicted octanol–water partition coefficient (Wildman–Crippen LogP) is 2.64. The van der Waals surface area contributed by atoms with Gasteiger partial charge in [-0.25, -0.2) is 4.98 Å². The summed E-state index contributed by atoms with van der Waals surface area (Å²) in [5, 5.41) is 0. The Morgan fingerprint density at radius 2 is 2.27 bits per heavy atom. The average Bonchev–Trinajstić information content (AvgIpc) is 2.84. The van der Waals surface area contributed by atoms with Crippen molar-refractivity contribution in [1.82, 2.24) is 14.4 Å². The van der Waals surface area contributed by atoms with Gasteiger partial charge in [0.25, 0.3) is 0 Å². The molecule has 0 spiro atoms. The second-order valence-electron chi connectivity index (χ2n) is 3.68. The predicted molar refractivity (Wildman–Crippen MR) is 59.7 cm³/mol. The summed E-state index contributed by atoms with van der Waals surface area (Å²) >= 11 is 0. The van der Waals surface area contributed by atoms with Gasteiger partial charge in [0.1, 0.15) is 11.3 Å². The number of aromatic nitrogens is 3. The van der Waals surface area contributed by atoms with Crippen LogP contribution >= 0.6 is 0 Å². The van der Waals surface area contributed by atoms with Crippen molar-refractivity contribution in [2.75, 3.05) is 0 Å². The number of nitrogens with one attached hydrogen (secondary N) is 1. The molecular weight excluding hydrogens is 186 g/mol. The van der Waals surface area contributed by atoms with Crippen molar-refractivity contribution < 1.29 is 0 Å². The molecule has 3 rings (SSSR count). The number of hydrogen-bond donors (Lipinski definition) is 1. The summed E-state index contributed by atoms with van der Waals surface area (Å²) in [6, 6.07) is 8.15. The van der Waals surface area contributed by atoms with E-state index in [1.165, 1.54) is 5.56 Å². The fraction of sp³-hybridized carbons (Fsp3) is 0.0833. The Morgan fingerprint density at radius 3 is 3.07 bits per heavy atom. The highest BCUT2D eigenvalue weighted by Crippen LogP contribution is 2.17. The van der Waals surface area contributed by atoms with Gasteiger partial charge in [-0.15, -0.1) is 0 Å². The monoisotopic (exact) mass is 197 g/mol. The van der Waals surface area contributed by atoms with Gasteiger partial charge in [0.15, 0.2) is 0 Å². The fourth-order valence-electron chi connectivity index (χ4n) is 1.70. The maximum Gasteiger partial charge on any atom is 0.137 e. The van der Waals surface area contributed by atoms with E-state index in [1.54, 1.807) is 0 Å². The highest BCUT2D eigenvalue weighted by atomic mass is 15.0. The third kappa shape index (κ3) is 1.32. The molecule has 0 fully saturated rings. The minimum absolute atomic E-state index is 0.977. The van der Waals surface area contributed by atoms with E-state index in [2.05, 4.69) is 29.0 Å². The number of aryl methyl sites for hydroxylation is 1. The van der Waals surface area contributed by atoms with Crippen molar-refractivity contribution in [2.45, 2.75) is 6.92 Å². The number of fused-ring (bicyclic) bond motifs is 1. The number of hydrogen-bond acceptors (Lipinski definition) is 1. The van der Waals surface area contributed by atoms with Crippen LogP contribution in [0.2, 0.25) is 0 Å². The van der Waals surface area contributed by atoms with Crippen molar-refractivity contribution in [3.63, 3.8) is 0 Å². The van der Waals surface area contributed by atoms with Crippen molar-refractivity contribution >= 4 is 5.65 Å². The Balaban J connectivity index is 2.22. The van der Waals surface area contributed by atoms with Crippen LogP contribution in [0.5, 0.6) is 0 Å². The van der Waals surface area contributed by atoms with Crippen LogP contribution in [0.25, 0.3) is 17.0 Å². The molecule has 0 aliphatic carbocycles. The summed E-state index contributed by atoms with van der Waals surface area (Å²) in [7, 11) is 0. The van der Waals surface area contributed by atoms with Crippen LogP contribution in [-0.2, 0) is 0 Å². The Hall–Kier alpha value is -2.03. The summed E-state index contributed by atoms with van der Waals surface area (Å²) in [6.07, 6.45) is 5.97. The molecule has 74 valence electrons. The molecule has 3 aromatic rings. The van der Waals surface area contributed by atoms with Gasteiger partial charge in [-0.3, -0.25) is 0 Å². The lowest BCUT2D eigenvalue weighted by Crippen LogP contribution is -1.81. The molecule has 0 unspecified atom stereocenters. The summed E-state index contributed by atoms with van der Waals surface area (Å²) < 4.78 is 2.03. The topological polar surface area (TPSA) is 33.1 Å². The number of nitrogens with zero attached hydrogens (tertiary/aromatic N) is 2. The van der Waals surface area contributed by atoms with Crippen molar-refractivity contribution in [2.24, 2.45) is 0 Å². The van der Waals surface area contributed by atoms with E-state index in [0.717, 1.165) is 17.0 Å². The summed E-state index contributed by atoms with van der Waals surface area (Å²) in [6.45, 7) is 2.07. The molecule has 0 aliphatic rings. The highest BCUT2D eigenvalue weighted by Gasteiger charge is 2.03. The minimum Gasteiger partial charge on any atom is -0.360 e. The summed E-state index contributed by atoms with van der Waals surface area (Å²) in [5.41, 5.74) is 4.24. The van der Waals surface area contributed by atoms with Crippen LogP contribution in [0.15, 0.2) is 42.9 Å². The lowest BCUT2D eigenvalue weighted by molar-refractivity contribution is 1.17. The molecule has 3 heteroatoms. The molecule has 1 N–H and O–H groups in total. The third-order valence-electron chi connectivity index (χ3n) is 2.49. The first-order valence-corrected chi connectivity index (χ1v) is 4.92. The molecule has 0 saturated carbocycles. The minimum atomic E-state index is 0.977. The van der Waals surface area contributed by atoms with Gasteiger partial charge >= 0.3 is 0 Å². The van der Waals surface area contributed by atoms with Crippen LogP contribution in [0.1, 0.15) is 5.56 Å². The van der Waals surface area contributed by atoms with Crippen LogP contribution < -0.4 is 0 Å². The van der Waals surface area contributed by atoms with E-state index in [9.17, 15) is 0 Å². The van der Waals surface area contributed by atoms with E-state index in [-0.39, 0.29) is 0 Å². The molecule has 0 bridgehead atoms. The first-order valence-electron chi connectivity index (χ1n) is 4.92. The Bertz CT molecular complexity index is 590. The molecule has 3 heterocycles. The number of rotatable bonds is 1. The largest absolute Gasteiger partial charge is 0.360 e. The van der Waals surface area contributed by atoms with E-state index < -0.39 is 0 Å². The normalized spacial score (nSPS) is 11.0. The zero-order valence-electron chi connectivity index (χ0n) is 8.44. The van der Waals surface area contributed by atoms with Crippen LogP contribution in [0.3, 0.4) is 0 Å². The van der Waals surface area contributed by atoms with Crippen molar-refractivity contribution in [3.8, 4) is 11.4 Å². The zero-order chi connectivity index (χ0) is 10.3. The highest BCUT2D eigenvalue weighted by molar-refractivity contribution is 5.59. The molecule has 0 atom stereocenters. The maximum absolute atomic E-state index is 4.55. The molecule has 0 radical (unpaired) electrons. The van der Waals surface area contributed by atoms with Crippen LogP contribution in [0.4, 0.5) is 0 Å². The molecule has 0 aliphatic heterocycles. The standard InChI is InChI=1S/C12H11N3/c1-9-4-6-15-8-11(14-12(15)7-9)10-3-2-5-13-10/h2-8,13H,1H3. The van der Waals surface area contributed by atoms with Crippen molar-refractivity contribution in [3.05, 3.63) is 48.4 Å². The lowest BCUT2D eigenvalue weighted by Gasteiger charge is -1.92. The molecule has 0 saturated heterocycles. The van der Waals surface area contributed by atoms with E-state index in [0.29, 0.717) is 0 Å². The first kappa shape index (κ1) is 8.29. The second kappa shape index (κ2) is 2.98. The van der Waals surface area contributed by atoms with Gasteiger partial charge in [-0.2, -0.15) is 0 Å². The Morgan fingerprint density at radius 1 is 1.33 bits per heavy atom. The maximum atomic E-state index is 4.55.